The molecule has 3 heteroatoms. The first-order chi connectivity index (χ1) is 7.68. The number of carbonyl (C=O) groups is 1. The standard InChI is InChI=1S/C13H17NO2/c1-14(11-4-2-3-5-11)12-8-6-10(7-9-12)13(15)16/h6-9,11H,2-5H2,1H3,(H,15,16). The van der Waals surface area contributed by atoms with Gasteiger partial charge in [-0.1, -0.05) is 12.8 Å². The van der Waals surface area contributed by atoms with E-state index in [0.29, 0.717) is 11.6 Å². The fourth-order valence-corrected chi connectivity index (χ4v) is 2.34. The van der Waals surface area contributed by atoms with E-state index in [9.17, 15) is 4.79 Å². The molecule has 1 N–H and O–H groups in total. The molecular formula is C13H17NO2. The molecule has 1 saturated carbocycles. The molecule has 1 aromatic rings. The van der Waals surface area contributed by atoms with Gasteiger partial charge in [-0.15, -0.1) is 0 Å². The highest BCUT2D eigenvalue weighted by molar-refractivity contribution is 5.88. The number of hydrogen-bond donors (Lipinski definition) is 1. The van der Waals surface area contributed by atoms with Crippen molar-refractivity contribution in [2.75, 3.05) is 11.9 Å². The Labute approximate surface area is 95.7 Å². The lowest BCUT2D eigenvalue weighted by molar-refractivity contribution is 0.0697. The van der Waals surface area contributed by atoms with Crippen molar-refractivity contribution in [2.45, 2.75) is 31.7 Å². The zero-order valence-electron chi connectivity index (χ0n) is 9.52. The van der Waals surface area contributed by atoms with Gasteiger partial charge in [0.15, 0.2) is 0 Å². The Balaban J connectivity index is 2.11. The Morgan fingerprint density at radius 2 is 1.81 bits per heavy atom. The zero-order chi connectivity index (χ0) is 11.5. The lowest BCUT2D eigenvalue weighted by atomic mass is 10.1. The van der Waals surface area contributed by atoms with E-state index in [2.05, 4.69) is 11.9 Å². The van der Waals surface area contributed by atoms with E-state index in [0.717, 1.165) is 5.69 Å². The van der Waals surface area contributed by atoms with Crippen LogP contribution in [0.2, 0.25) is 0 Å². The zero-order valence-corrected chi connectivity index (χ0v) is 9.52. The maximum absolute atomic E-state index is 10.7. The lowest BCUT2D eigenvalue weighted by Crippen LogP contribution is -2.28. The molecule has 0 bridgehead atoms. The Hall–Kier alpha value is -1.51. The summed E-state index contributed by atoms with van der Waals surface area (Å²) in [6.45, 7) is 0. The molecule has 86 valence electrons. The van der Waals surface area contributed by atoms with Crippen LogP contribution in [0.15, 0.2) is 24.3 Å². The minimum absolute atomic E-state index is 0.351. The minimum atomic E-state index is -0.866. The number of benzene rings is 1. The molecule has 1 aliphatic carbocycles. The maximum Gasteiger partial charge on any atom is 0.335 e. The summed E-state index contributed by atoms with van der Waals surface area (Å²) < 4.78 is 0. The quantitative estimate of drug-likeness (QED) is 0.849. The summed E-state index contributed by atoms with van der Waals surface area (Å²) in [6, 6.07) is 7.74. The number of anilines is 1. The van der Waals surface area contributed by atoms with Gasteiger partial charge in [0.2, 0.25) is 0 Å². The van der Waals surface area contributed by atoms with Crippen LogP contribution in [0.5, 0.6) is 0 Å². The van der Waals surface area contributed by atoms with E-state index in [-0.39, 0.29) is 0 Å². The van der Waals surface area contributed by atoms with Crippen molar-refractivity contribution in [2.24, 2.45) is 0 Å². The second-order valence-electron chi connectivity index (χ2n) is 4.40. The largest absolute Gasteiger partial charge is 0.478 e. The van der Waals surface area contributed by atoms with E-state index in [1.165, 1.54) is 25.7 Å². The predicted molar refractivity (Wildman–Crippen MR) is 64.1 cm³/mol. The first-order valence-electron chi connectivity index (χ1n) is 5.74. The predicted octanol–water partition coefficient (Wildman–Crippen LogP) is 2.76. The van der Waals surface area contributed by atoms with E-state index < -0.39 is 5.97 Å². The third kappa shape index (κ3) is 2.18. The molecule has 2 rings (SSSR count). The molecule has 0 spiro atoms. The van der Waals surface area contributed by atoms with E-state index in [4.69, 9.17) is 5.11 Å². The molecule has 0 aromatic heterocycles. The highest BCUT2D eigenvalue weighted by atomic mass is 16.4. The van der Waals surface area contributed by atoms with E-state index >= 15 is 0 Å². The average Bonchev–Trinajstić information content (AvgIpc) is 2.81. The van der Waals surface area contributed by atoms with Crippen LogP contribution in [-0.4, -0.2) is 24.2 Å². The van der Waals surface area contributed by atoms with Crippen LogP contribution in [0.3, 0.4) is 0 Å². The van der Waals surface area contributed by atoms with E-state index in [1.807, 2.05) is 12.1 Å². The number of hydrogen-bond acceptors (Lipinski definition) is 2. The summed E-state index contributed by atoms with van der Waals surface area (Å²) >= 11 is 0. The van der Waals surface area contributed by atoms with Crippen molar-refractivity contribution >= 4 is 11.7 Å². The van der Waals surface area contributed by atoms with Crippen molar-refractivity contribution in [1.29, 1.82) is 0 Å². The summed E-state index contributed by atoms with van der Waals surface area (Å²) in [7, 11) is 2.09. The van der Waals surface area contributed by atoms with Crippen LogP contribution in [0.4, 0.5) is 5.69 Å². The van der Waals surface area contributed by atoms with Crippen LogP contribution < -0.4 is 4.90 Å². The highest BCUT2D eigenvalue weighted by Crippen LogP contribution is 2.26. The first-order valence-corrected chi connectivity index (χ1v) is 5.74. The van der Waals surface area contributed by atoms with Crippen molar-refractivity contribution in [3.63, 3.8) is 0 Å². The van der Waals surface area contributed by atoms with Crippen LogP contribution in [0.1, 0.15) is 36.0 Å². The highest BCUT2D eigenvalue weighted by Gasteiger charge is 2.19. The normalized spacial score (nSPS) is 16.3. The smallest absolute Gasteiger partial charge is 0.335 e. The fourth-order valence-electron chi connectivity index (χ4n) is 2.34. The molecule has 0 atom stereocenters. The summed E-state index contributed by atoms with van der Waals surface area (Å²) in [4.78, 5) is 13.0. The molecule has 0 amide bonds. The number of carboxylic acid groups (broad SMARTS) is 1. The van der Waals surface area contributed by atoms with Crippen LogP contribution >= 0.6 is 0 Å². The molecule has 0 radical (unpaired) electrons. The number of rotatable bonds is 3. The summed E-state index contributed by atoms with van der Waals surface area (Å²) in [5, 5.41) is 8.81. The third-order valence-electron chi connectivity index (χ3n) is 3.39. The molecule has 16 heavy (non-hydrogen) atoms. The van der Waals surface area contributed by atoms with Gasteiger partial charge < -0.3 is 10.0 Å². The topological polar surface area (TPSA) is 40.5 Å². The molecule has 0 aliphatic heterocycles. The number of nitrogens with zero attached hydrogens (tertiary/aromatic N) is 1. The molecule has 0 saturated heterocycles. The molecule has 0 unspecified atom stereocenters. The van der Waals surface area contributed by atoms with Gasteiger partial charge in [-0.2, -0.15) is 0 Å². The van der Waals surface area contributed by atoms with Crippen LogP contribution in [-0.2, 0) is 0 Å². The molecule has 0 heterocycles. The number of aromatic carboxylic acids is 1. The molecule has 1 aliphatic rings. The van der Waals surface area contributed by atoms with Gasteiger partial charge in [-0.25, -0.2) is 4.79 Å². The Morgan fingerprint density at radius 3 is 2.31 bits per heavy atom. The van der Waals surface area contributed by atoms with Crippen LogP contribution in [0.25, 0.3) is 0 Å². The SMILES string of the molecule is CN(c1ccc(C(=O)O)cc1)C1CCCC1. The third-order valence-corrected chi connectivity index (χ3v) is 3.39. The molecule has 1 fully saturated rings. The summed E-state index contributed by atoms with van der Waals surface area (Å²) in [5.74, 6) is -0.866. The maximum atomic E-state index is 10.7. The van der Waals surface area contributed by atoms with Crippen molar-refractivity contribution in [1.82, 2.24) is 0 Å². The summed E-state index contributed by atoms with van der Waals surface area (Å²) in [5.41, 5.74) is 1.46. The minimum Gasteiger partial charge on any atom is -0.478 e. The summed E-state index contributed by atoms with van der Waals surface area (Å²) in [6.07, 6.45) is 5.11. The first kappa shape index (κ1) is 11.0. The second kappa shape index (κ2) is 4.56. The van der Waals surface area contributed by atoms with Gasteiger partial charge in [0, 0.05) is 18.8 Å². The van der Waals surface area contributed by atoms with Gasteiger partial charge in [0.1, 0.15) is 0 Å². The van der Waals surface area contributed by atoms with Gasteiger partial charge in [0.05, 0.1) is 5.56 Å². The second-order valence-corrected chi connectivity index (χ2v) is 4.40. The molecule has 3 nitrogen and oxygen atoms in total. The van der Waals surface area contributed by atoms with Crippen molar-refractivity contribution in [3.8, 4) is 0 Å². The van der Waals surface area contributed by atoms with Crippen molar-refractivity contribution in [3.05, 3.63) is 29.8 Å². The molecule has 1 aromatic carbocycles. The monoisotopic (exact) mass is 219 g/mol. The average molecular weight is 219 g/mol. The van der Waals surface area contributed by atoms with Gasteiger partial charge >= 0.3 is 5.97 Å². The Morgan fingerprint density at radius 1 is 1.25 bits per heavy atom. The number of carboxylic acids is 1. The van der Waals surface area contributed by atoms with Crippen LogP contribution in [0, 0.1) is 0 Å². The lowest BCUT2D eigenvalue weighted by Gasteiger charge is -2.26. The Kier molecular flexibility index (Phi) is 3.13. The molecular weight excluding hydrogens is 202 g/mol. The van der Waals surface area contributed by atoms with Gasteiger partial charge in [-0.3, -0.25) is 0 Å². The van der Waals surface area contributed by atoms with Crippen molar-refractivity contribution < 1.29 is 9.90 Å². The van der Waals surface area contributed by atoms with Gasteiger partial charge in [-0.05, 0) is 37.1 Å². The van der Waals surface area contributed by atoms with E-state index in [1.54, 1.807) is 12.1 Å². The Bertz CT molecular complexity index is 366. The fraction of sp³-hybridized carbons (Fsp3) is 0.462. The van der Waals surface area contributed by atoms with Gasteiger partial charge in [0.25, 0.3) is 0 Å².